The lowest BCUT2D eigenvalue weighted by Crippen LogP contribution is -2.33. The monoisotopic (exact) mass is 311 g/mol. The van der Waals surface area contributed by atoms with Crippen LogP contribution in [0.25, 0.3) is 0 Å². The number of ether oxygens (including phenoxy) is 1. The van der Waals surface area contributed by atoms with Crippen molar-refractivity contribution in [2.75, 3.05) is 11.9 Å². The van der Waals surface area contributed by atoms with E-state index in [9.17, 15) is 4.79 Å². The number of hydrogen-bond acceptors (Lipinski definition) is 3. The number of nitrogens with zero attached hydrogens (tertiary/aromatic N) is 1. The average Bonchev–Trinajstić information content (AvgIpc) is 3.40. The molecule has 0 saturated heterocycles. The highest BCUT2D eigenvalue weighted by molar-refractivity contribution is 5.90. The van der Waals surface area contributed by atoms with Crippen LogP contribution in [0.4, 0.5) is 10.5 Å². The van der Waals surface area contributed by atoms with Gasteiger partial charge in [-0.25, -0.2) is 9.78 Å². The maximum Gasteiger partial charge on any atom is 0.319 e. The lowest BCUT2D eigenvalue weighted by atomic mass is 10.0. The number of amides is 2. The van der Waals surface area contributed by atoms with Gasteiger partial charge in [-0.1, -0.05) is 30.3 Å². The molecule has 0 spiro atoms. The first-order chi connectivity index (χ1) is 11.3. The molecule has 0 radical (unpaired) electrons. The van der Waals surface area contributed by atoms with Crippen LogP contribution in [-0.4, -0.2) is 17.6 Å². The van der Waals surface area contributed by atoms with Gasteiger partial charge >= 0.3 is 6.03 Å². The van der Waals surface area contributed by atoms with E-state index in [1.54, 1.807) is 18.3 Å². The second kappa shape index (κ2) is 7.13. The summed E-state index contributed by atoms with van der Waals surface area (Å²) in [4.78, 5) is 16.5. The highest BCUT2D eigenvalue weighted by Gasteiger charge is 2.33. The Kier molecular flexibility index (Phi) is 4.76. The molecule has 5 nitrogen and oxygen atoms in total. The summed E-state index contributed by atoms with van der Waals surface area (Å²) in [5.74, 6) is 0.955. The molecule has 0 bridgehead atoms. The smallest absolute Gasteiger partial charge is 0.319 e. The summed E-state index contributed by atoms with van der Waals surface area (Å²) in [6, 6.07) is 13.5. The molecular weight excluding hydrogens is 290 g/mol. The Morgan fingerprint density at radius 1 is 1.26 bits per heavy atom. The fraction of sp³-hybridized carbons (Fsp3) is 0.333. The molecule has 23 heavy (non-hydrogen) atoms. The zero-order valence-electron chi connectivity index (χ0n) is 13.2. The van der Waals surface area contributed by atoms with E-state index >= 15 is 0 Å². The molecule has 0 aliphatic heterocycles. The average molecular weight is 311 g/mol. The largest absolute Gasteiger partial charge is 0.476 e. The van der Waals surface area contributed by atoms with Crippen LogP contribution in [0.5, 0.6) is 5.88 Å². The van der Waals surface area contributed by atoms with Crippen LogP contribution in [-0.2, 0) is 0 Å². The van der Waals surface area contributed by atoms with Crippen molar-refractivity contribution >= 4 is 11.7 Å². The summed E-state index contributed by atoms with van der Waals surface area (Å²) in [5, 5.41) is 5.92. The Morgan fingerprint density at radius 3 is 2.74 bits per heavy atom. The molecule has 1 fully saturated rings. The zero-order valence-corrected chi connectivity index (χ0v) is 13.2. The maximum absolute atomic E-state index is 12.4. The van der Waals surface area contributed by atoms with E-state index in [1.807, 2.05) is 25.1 Å². The molecule has 1 atom stereocenters. The molecule has 1 aliphatic rings. The number of hydrogen-bond donors (Lipinski definition) is 2. The highest BCUT2D eigenvalue weighted by atomic mass is 16.5. The van der Waals surface area contributed by atoms with Gasteiger partial charge in [0, 0.05) is 6.20 Å². The molecular formula is C18H21N3O2. The number of carbonyl (C=O) groups is 1. The second-order valence-corrected chi connectivity index (χ2v) is 5.61. The number of nitrogens with one attached hydrogen (secondary N) is 2. The van der Waals surface area contributed by atoms with Crippen LogP contribution >= 0.6 is 0 Å². The first-order valence-electron chi connectivity index (χ1n) is 7.98. The number of carbonyl (C=O) groups excluding carboxylic acids is 1. The fourth-order valence-corrected chi connectivity index (χ4v) is 2.60. The molecule has 5 heteroatoms. The first-order valence-corrected chi connectivity index (χ1v) is 7.98. The fourth-order valence-electron chi connectivity index (χ4n) is 2.60. The van der Waals surface area contributed by atoms with Crippen molar-refractivity contribution in [2.45, 2.75) is 25.8 Å². The van der Waals surface area contributed by atoms with Crippen molar-refractivity contribution in [3.05, 3.63) is 54.2 Å². The van der Waals surface area contributed by atoms with Gasteiger partial charge in [0.15, 0.2) is 0 Å². The van der Waals surface area contributed by atoms with E-state index in [-0.39, 0.29) is 12.1 Å². The van der Waals surface area contributed by atoms with Crippen LogP contribution in [0.3, 0.4) is 0 Å². The topological polar surface area (TPSA) is 63.2 Å². The molecule has 1 aliphatic carbocycles. The molecule has 120 valence electrons. The van der Waals surface area contributed by atoms with Crippen LogP contribution in [0.15, 0.2) is 48.7 Å². The third-order valence-corrected chi connectivity index (χ3v) is 3.84. The Bertz CT molecular complexity index is 656. The van der Waals surface area contributed by atoms with Crippen molar-refractivity contribution in [1.82, 2.24) is 10.3 Å². The van der Waals surface area contributed by atoms with Crippen molar-refractivity contribution < 1.29 is 9.53 Å². The third kappa shape index (κ3) is 4.00. The van der Waals surface area contributed by atoms with E-state index in [1.165, 1.54) is 0 Å². The summed E-state index contributed by atoms with van der Waals surface area (Å²) >= 11 is 0. The summed E-state index contributed by atoms with van der Waals surface area (Å²) in [6.45, 7) is 2.39. The van der Waals surface area contributed by atoms with Gasteiger partial charge in [0.25, 0.3) is 0 Å². The van der Waals surface area contributed by atoms with Gasteiger partial charge in [0.2, 0.25) is 5.88 Å². The van der Waals surface area contributed by atoms with Gasteiger partial charge in [-0.2, -0.15) is 0 Å². The standard InChI is InChI=1S/C18H21N3O2/c1-2-23-17-15(9-6-12-19-17)20-18(22)21-16(14-10-11-14)13-7-4-3-5-8-13/h3-9,12,14,16H,2,10-11H2,1H3,(H2,20,21,22). The Balaban J connectivity index is 1.68. The van der Waals surface area contributed by atoms with Crippen molar-refractivity contribution in [2.24, 2.45) is 5.92 Å². The van der Waals surface area contributed by atoms with Crippen LogP contribution in [0, 0.1) is 5.92 Å². The van der Waals surface area contributed by atoms with Gasteiger partial charge in [0.05, 0.1) is 12.6 Å². The summed E-state index contributed by atoms with van der Waals surface area (Å²) in [7, 11) is 0. The predicted octanol–water partition coefficient (Wildman–Crippen LogP) is 3.75. The predicted molar refractivity (Wildman–Crippen MR) is 89.5 cm³/mol. The van der Waals surface area contributed by atoms with Crippen molar-refractivity contribution in [3.8, 4) is 5.88 Å². The minimum Gasteiger partial charge on any atom is -0.476 e. The normalized spacial score (nSPS) is 14.8. The van der Waals surface area contributed by atoms with Crippen molar-refractivity contribution in [1.29, 1.82) is 0 Å². The molecule has 3 rings (SSSR count). The summed E-state index contributed by atoms with van der Waals surface area (Å²) in [6.07, 6.45) is 3.94. The van der Waals surface area contributed by atoms with Gasteiger partial charge in [-0.05, 0) is 43.4 Å². The number of rotatable bonds is 6. The van der Waals surface area contributed by atoms with E-state index in [4.69, 9.17) is 4.74 Å². The van der Waals surface area contributed by atoms with E-state index in [2.05, 4.69) is 27.8 Å². The van der Waals surface area contributed by atoms with Gasteiger partial charge < -0.3 is 15.4 Å². The number of anilines is 1. The maximum atomic E-state index is 12.4. The Hall–Kier alpha value is -2.56. The first kappa shape index (κ1) is 15.3. The molecule has 1 saturated carbocycles. The SMILES string of the molecule is CCOc1ncccc1NC(=O)NC(c1ccccc1)C1CC1. The number of benzene rings is 1. The molecule has 1 heterocycles. The molecule has 1 aromatic carbocycles. The van der Waals surface area contributed by atoms with Gasteiger partial charge in [-0.3, -0.25) is 0 Å². The minimum absolute atomic E-state index is 0.0448. The third-order valence-electron chi connectivity index (χ3n) is 3.84. The Morgan fingerprint density at radius 2 is 2.04 bits per heavy atom. The van der Waals surface area contributed by atoms with Gasteiger partial charge in [0.1, 0.15) is 5.69 Å². The lowest BCUT2D eigenvalue weighted by Gasteiger charge is -2.19. The minimum atomic E-state index is -0.236. The van der Waals surface area contributed by atoms with Gasteiger partial charge in [-0.15, -0.1) is 0 Å². The molecule has 2 amide bonds. The molecule has 1 unspecified atom stereocenters. The van der Waals surface area contributed by atoms with Crippen LogP contribution < -0.4 is 15.4 Å². The van der Waals surface area contributed by atoms with Crippen LogP contribution in [0.2, 0.25) is 0 Å². The number of aromatic nitrogens is 1. The quantitative estimate of drug-likeness (QED) is 0.854. The highest BCUT2D eigenvalue weighted by Crippen LogP contribution is 2.41. The van der Waals surface area contributed by atoms with E-state index < -0.39 is 0 Å². The molecule has 1 aromatic heterocycles. The van der Waals surface area contributed by atoms with Crippen molar-refractivity contribution in [3.63, 3.8) is 0 Å². The van der Waals surface area contributed by atoms with Crippen LogP contribution in [0.1, 0.15) is 31.4 Å². The summed E-state index contributed by atoms with van der Waals surface area (Å²) in [5.41, 5.74) is 1.72. The number of pyridine rings is 1. The van der Waals surface area contributed by atoms with E-state index in [0.29, 0.717) is 24.1 Å². The van der Waals surface area contributed by atoms with E-state index in [0.717, 1.165) is 18.4 Å². The Labute approximate surface area is 136 Å². The second-order valence-electron chi connectivity index (χ2n) is 5.61. The number of urea groups is 1. The summed E-state index contributed by atoms with van der Waals surface area (Å²) < 4.78 is 5.43. The lowest BCUT2D eigenvalue weighted by molar-refractivity contribution is 0.246. The zero-order chi connectivity index (χ0) is 16.1. The molecule has 2 N–H and O–H groups in total. The molecule has 2 aromatic rings.